The van der Waals surface area contributed by atoms with Crippen molar-refractivity contribution in [2.24, 2.45) is 5.92 Å². The molecule has 3 heterocycles. The van der Waals surface area contributed by atoms with Gasteiger partial charge in [0.15, 0.2) is 0 Å². The van der Waals surface area contributed by atoms with Crippen molar-refractivity contribution in [3.63, 3.8) is 0 Å². The van der Waals surface area contributed by atoms with E-state index in [1.165, 1.54) is 9.75 Å². The SMILES string of the molecule is Cc1ccc(CN2CCC3(CC2)OCCC3CCOCC(=O)N(C)C)s1. The fraction of sp³-hybridized carbons (Fsp3) is 0.750. The first-order chi connectivity index (χ1) is 12.5. The lowest BCUT2D eigenvalue weighted by Gasteiger charge is -2.42. The van der Waals surface area contributed by atoms with Crippen molar-refractivity contribution in [1.82, 2.24) is 9.80 Å². The van der Waals surface area contributed by atoms with E-state index in [0.717, 1.165) is 51.9 Å². The van der Waals surface area contributed by atoms with Crippen molar-refractivity contribution in [1.29, 1.82) is 0 Å². The van der Waals surface area contributed by atoms with Gasteiger partial charge in [0.25, 0.3) is 0 Å². The second-order valence-corrected chi connectivity index (χ2v) is 9.19. The Morgan fingerprint density at radius 2 is 2.15 bits per heavy atom. The van der Waals surface area contributed by atoms with E-state index < -0.39 is 0 Å². The van der Waals surface area contributed by atoms with Gasteiger partial charge in [-0.15, -0.1) is 11.3 Å². The van der Waals surface area contributed by atoms with Crippen molar-refractivity contribution < 1.29 is 14.3 Å². The van der Waals surface area contributed by atoms with Crippen LogP contribution < -0.4 is 0 Å². The fourth-order valence-corrected chi connectivity index (χ4v) is 5.07. The quantitative estimate of drug-likeness (QED) is 0.682. The van der Waals surface area contributed by atoms with Crippen LogP contribution >= 0.6 is 11.3 Å². The van der Waals surface area contributed by atoms with Crippen LogP contribution in [0.2, 0.25) is 0 Å². The van der Waals surface area contributed by atoms with Crippen LogP contribution in [0.15, 0.2) is 12.1 Å². The van der Waals surface area contributed by atoms with E-state index in [9.17, 15) is 4.79 Å². The van der Waals surface area contributed by atoms with Gasteiger partial charge in [-0.3, -0.25) is 9.69 Å². The smallest absolute Gasteiger partial charge is 0.248 e. The van der Waals surface area contributed by atoms with Gasteiger partial charge in [0, 0.05) is 56.7 Å². The molecule has 2 saturated heterocycles. The van der Waals surface area contributed by atoms with Crippen LogP contribution in [0.5, 0.6) is 0 Å². The van der Waals surface area contributed by atoms with Crippen molar-refractivity contribution in [2.45, 2.75) is 44.8 Å². The Labute approximate surface area is 161 Å². The molecule has 0 saturated carbocycles. The highest BCUT2D eigenvalue weighted by Crippen LogP contribution is 2.42. The second-order valence-electron chi connectivity index (χ2n) is 7.82. The third-order valence-electron chi connectivity index (χ3n) is 5.81. The van der Waals surface area contributed by atoms with E-state index in [-0.39, 0.29) is 18.1 Å². The Hall–Kier alpha value is -0.950. The number of carbonyl (C=O) groups excluding carboxylic acids is 1. The molecular weight excluding hydrogens is 348 g/mol. The molecule has 1 aromatic heterocycles. The topological polar surface area (TPSA) is 42.0 Å². The molecule has 0 aromatic carbocycles. The van der Waals surface area contributed by atoms with Crippen LogP contribution in [0.3, 0.4) is 0 Å². The van der Waals surface area contributed by atoms with Gasteiger partial charge < -0.3 is 14.4 Å². The maximum Gasteiger partial charge on any atom is 0.248 e. The summed E-state index contributed by atoms with van der Waals surface area (Å²) in [5.74, 6) is 0.586. The highest BCUT2D eigenvalue weighted by atomic mass is 32.1. The number of piperidine rings is 1. The fourth-order valence-electron chi connectivity index (χ4n) is 4.14. The Kier molecular flexibility index (Phi) is 6.72. The molecule has 1 aromatic rings. The number of rotatable bonds is 7. The number of nitrogens with zero attached hydrogens (tertiary/aromatic N) is 2. The highest BCUT2D eigenvalue weighted by molar-refractivity contribution is 7.11. The van der Waals surface area contributed by atoms with Crippen LogP contribution in [0.25, 0.3) is 0 Å². The molecule has 3 rings (SSSR count). The van der Waals surface area contributed by atoms with Crippen molar-refractivity contribution in [3.8, 4) is 0 Å². The maximum atomic E-state index is 11.6. The standard InChI is InChI=1S/C20H32N2O3S/c1-16-4-5-18(26-16)14-22-10-8-20(9-11-22)17(7-13-25-20)6-12-24-15-19(23)21(2)3/h4-5,17H,6-15H2,1-3H3. The van der Waals surface area contributed by atoms with Crippen LogP contribution in [-0.4, -0.2) is 68.3 Å². The average Bonchev–Trinajstić information content (AvgIpc) is 3.20. The monoisotopic (exact) mass is 380 g/mol. The second kappa shape index (κ2) is 8.83. The Bertz CT molecular complexity index is 594. The minimum atomic E-state index is 0.0273. The average molecular weight is 381 g/mol. The van der Waals surface area contributed by atoms with E-state index in [1.807, 2.05) is 11.3 Å². The molecule has 0 N–H and O–H groups in total. The van der Waals surface area contributed by atoms with Crippen LogP contribution in [0.4, 0.5) is 0 Å². The number of amides is 1. The summed E-state index contributed by atoms with van der Waals surface area (Å²) in [6.45, 7) is 7.14. The van der Waals surface area contributed by atoms with Crippen LogP contribution in [-0.2, 0) is 20.8 Å². The molecule has 5 nitrogen and oxygen atoms in total. The summed E-state index contributed by atoms with van der Waals surface area (Å²) in [6, 6.07) is 4.47. The van der Waals surface area contributed by atoms with Gasteiger partial charge in [-0.1, -0.05) is 0 Å². The number of likely N-dealkylation sites (tertiary alicyclic amines) is 1. The molecule has 2 fully saturated rings. The number of carbonyl (C=O) groups is 1. The van der Waals surface area contributed by atoms with Crippen molar-refractivity contribution >= 4 is 17.2 Å². The van der Waals surface area contributed by atoms with Gasteiger partial charge in [0.1, 0.15) is 6.61 Å². The van der Waals surface area contributed by atoms with E-state index in [2.05, 4.69) is 24.0 Å². The van der Waals surface area contributed by atoms with Crippen LogP contribution in [0, 0.1) is 12.8 Å². The molecule has 0 radical (unpaired) electrons. The lowest BCUT2D eigenvalue weighted by molar-refractivity contribution is -0.133. The molecule has 1 amide bonds. The summed E-state index contributed by atoms with van der Waals surface area (Å²) < 4.78 is 11.9. The largest absolute Gasteiger partial charge is 0.375 e. The van der Waals surface area contributed by atoms with Gasteiger partial charge >= 0.3 is 0 Å². The van der Waals surface area contributed by atoms with Gasteiger partial charge in [0.05, 0.1) is 5.60 Å². The van der Waals surface area contributed by atoms with E-state index in [4.69, 9.17) is 9.47 Å². The minimum Gasteiger partial charge on any atom is -0.375 e. The van der Waals surface area contributed by atoms with Gasteiger partial charge in [0.2, 0.25) is 5.91 Å². The number of hydrogen-bond acceptors (Lipinski definition) is 5. The van der Waals surface area contributed by atoms with Gasteiger partial charge in [-0.05, 0) is 50.7 Å². The number of ether oxygens (including phenoxy) is 2. The lowest BCUT2D eigenvalue weighted by atomic mass is 9.78. The first kappa shape index (κ1) is 19.8. The summed E-state index contributed by atoms with van der Waals surface area (Å²) in [5, 5.41) is 0. The summed E-state index contributed by atoms with van der Waals surface area (Å²) in [6.07, 6.45) is 4.33. The normalized spacial score (nSPS) is 22.8. The Morgan fingerprint density at radius 3 is 2.81 bits per heavy atom. The zero-order valence-electron chi connectivity index (χ0n) is 16.3. The number of thiophene rings is 1. The predicted molar refractivity (Wildman–Crippen MR) is 104 cm³/mol. The van der Waals surface area contributed by atoms with E-state index in [0.29, 0.717) is 12.5 Å². The first-order valence-corrected chi connectivity index (χ1v) is 10.5. The molecule has 146 valence electrons. The molecule has 1 atom stereocenters. The summed E-state index contributed by atoms with van der Waals surface area (Å²) >= 11 is 1.90. The molecule has 0 aliphatic carbocycles. The molecule has 1 spiro atoms. The zero-order valence-corrected chi connectivity index (χ0v) is 17.1. The summed E-state index contributed by atoms with van der Waals surface area (Å²) in [4.78, 5) is 18.6. The van der Waals surface area contributed by atoms with Gasteiger partial charge in [-0.25, -0.2) is 0 Å². The van der Waals surface area contributed by atoms with E-state index in [1.54, 1.807) is 19.0 Å². The Morgan fingerprint density at radius 1 is 1.38 bits per heavy atom. The first-order valence-electron chi connectivity index (χ1n) is 9.68. The molecular formula is C20H32N2O3S. The molecule has 26 heavy (non-hydrogen) atoms. The van der Waals surface area contributed by atoms with E-state index >= 15 is 0 Å². The number of hydrogen-bond donors (Lipinski definition) is 0. The van der Waals surface area contributed by atoms with Gasteiger partial charge in [-0.2, -0.15) is 0 Å². The zero-order chi connectivity index (χ0) is 18.6. The van der Waals surface area contributed by atoms with Crippen LogP contribution in [0.1, 0.15) is 35.4 Å². The number of aryl methyl sites for hydroxylation is 1. The summed E-state index contributed by atoms with van der Waals surface area (Å²) in [7, 11) is 3.52. The summed E-state index contributed by atoms with van der Waals surface area (Å²) in [5.41, 5.74) is 0.0385. The molecule has 1 unspecified atom stereocenters. The van der Waals surface area contributed by atoms with Crippen molar-refractivity contribution in [3.05, 3.63) is 21.9 Å². The Balaban J connectivity index is 1.43. The number of likely N-dealkylation sites (N-methyl/N-ethyl adjacent to an activating group) is 1. The lowest BCUT2D eigenvalue weighted by Crippen LogP contribution is -2.47. The minimum absolute atomic E-state index is 0.0273. The third-order valence-corrected chi connectivity index (χ3v) is 6.80. The molecule has 0 bridgehead atoms. The molecule has 6 heteroatoms. The maximum absolute atomic E-state index is 11.6. The predicted octanol–water partition coefficient (Wildman–Crippen LogP) is 2.92. The third kappa shape index (κ3) is 4.85. The molecule has 2 aliphatic rings. The molecule has 2 aliphatic heterocycles. The van der Waals surface area contributed by atoms with Crippen molar-refractivity contribution in [2.75, 3.05) is 47.0 Å². The highest BCUT2D eigenvalue weighted by Gasteiger charge is 2.45.